The van der Waals surface area contributed by atoms with E-state index in [0.717, 1.165) is 30.7 Å². The van der Waals surface area contributed by atoms with Gasteiger partial charge in [-0.2, -0.15) is 13.2 Å². The van der Waals surface area contributed by atoms with E-state index in [1.807, 2.05) is 6.92 Å². The molecule has 0 aliphatic heterocycles. The number of aromatic nitrogens is 1. The summed E-state index contributed by atoms with van der Waals surface area (Å²) in [4.78, 5) is 15.5. The van der Waals surface area contributed by atoms with Crippen molar-refractivity contribution in [1.82, 2.24) is 15.3 Å². The zero-order valence-electron chi connectivity index (χ0n) is 18.5. The predicted molar refractivity (Wildman–Crippen MR) is 114 cm³/mol. The topological polar surface area (TPSA) is 116 Å². The Kier molecular flexibility index (Phi) is 9.42. The Labute approximate surface area is 186 Å². The number of carbonyl (C=O) groups excluding carboxylic acids is 1. The summed E-state index contributed by atoms with van der Waals surface area (Å²) >= 11 is 0. The average molecular weight is 460 g/mol. The normalized spacial score (nSPS) is 15.7. The summed E-state index contributed by atoms with van der Waals surface area (Å²) in [6, 6.07) is 2.58. The summed E-state index contributed by atoms with van der Waals surface area (Å²) in [5.74, 6) is 5.47. The molecule has 1 amide bonds. The van der Waals surface area contributed by atoms with Crippen molar-refractivity contribution in [1.29, 1.82) is 0 Å². The molecule has 1 saturated carbocycles. The smallest absolute Gasteiger partial charge is 0.437 e. The lowest BCUT2D eigenvalue weighted by molar-refractivity contribution is -0.143. The number of unbranched alkanes of at least 4 members (excludes halogenated alkanes) is 1. The van der Waals surface area contributed by atoms with Gasteiger partial charge in [-0.25, -0.2) is 15.6 Å². The molecule has 1 heterocycles. The Morgan fingerprint density at radius 1 is 1.28 bits per heavy atom. The van der Waals surface area contributed by atoms with Crippen LogP contribution in [0.4, 0.5) is 18.0 Å². The van der Waals surface area contributed by atoms with E-state index in [1.165, 1.54) is 19.2 Å². The summed E-state index contributed by atoms with van der Waals surface area (Å²) in [5, 5.41) is 3.60. The van der Waals surface area contributed by atoms with Crippen molar-refractivity contribution in [3.05, 3.63) is 29.2 Å². The first-order valence-electron chi connectivity index (χ1n) is 10.8. The van der Waals surface area contributed by atoms with E-state index < -0.39 is 18.0 Å². The molecule has 0 aromatic carbocycles. The standard InChI is InChI=1S/C21H32F3N5O3/c1-3-4-12-31-20(30)27-13-16(29(2)26)18(25)15-10-11-17(19(28-15)21(22,23)24)32-14-8-6-5-7-9-14/h10-11,14H,3-9,12-13,25-26H2,1-2H3,(H,27,30)/b18-16-. The molecule has 0 unspecified atom stereocenters. The largest absolute Gasteiger partial charge is 0.488 e. The van der Waals surface area contributed by atoms with Crippen LogP contribution in [0.15, 0.2) is 17.8 Å². The van der Waals surface area contributed by atoms with Gasteiger partial charge in [0.1, 0.15) is 0 Å². The number of ether oxygens (including phenoxy) is 2. The van der Waals surface area contributed by atoms with Crippen LogP contribution in [-0.4, -0.2) is 42.4 Å². The van der Waals surface area contributed by atoms with Crippen LogP contribution < -0.4 is 21.6 Å². The van der Waals surface area contributed by atoms with Gasteiger partial charge in [0.05, 0.1) is 36.3 Å². The van der Waals surface area contributed by atoms with Crippen LogP contribution in [0.25, 0.3) is 5.70 Å². The van der Waals surface area contributed by atoms with Gasteiger partial charge < -0.3 is 25.5 Å². The Bertz CT molecular complexity index is 793. The third-order valence-corrected chi connectivity index (χ3v) is 5.12. The molecule has 1 aromatic rings. The van der Waals surface area contributed by atoms with Crippen molar-refractivity contribution in [3.63, 3.8) is 0 Å². The van der Waals surface area contributed by atoms with Gasteiger partial charge in [0.15, 0.2) is 11.4 Å². The molecule has 1 fully saturated rings. The molecule has 1 aromatic heterocycles. The molecule has 8 nitrogen and oxygen atoms in total. The Balaban J connectivity index is 2.25. The highest BCUT2D eigenvalue weighted by Crippen LogP contribution is 2.37. The summed E-state index contributed by atoms with van der Waals surface area (Å²) < 4.78 is 51.7. The van der Waals surface area contributed by atoms with E-state index in [0.29, 0.717) is 19.3 Å². The van der Waals surface area contributed by atoms with E-state index in [9.17, 15) is 18.0 Å². The highest BCUT2D eigenvalue weighted by Gasteiger charge is 2.38. The number of halogens is 3. The lowest BCUT2D eigenvalue weighted by Gasteiger charge is -2.25. The summed E-state index contributed by atoms with van der Waals surface area (Å²) in [7, 11) is 1.46. The summed E-state index contributed by atoms with van der Waals surface area (Å²) in [5.41, 5.74) is 4.90. The van der Waals surface area contributed by atoms with Crippen LogP contribution in [-0.2, 0) is 10.9 Å². The highest BCUT2D eigenvalue weighted by molar-refractivity contribution is 5.69. The Morgan fingerprint density at radius 2 is 1.97 bits per heavy atom. The lowest BCUT2D eigenvalue weighted by atomic mass is 9.98. The minimum absolute atomic E-state index is 0.0985. The summed E-state index contributed by atoms with van der Waals surface area (Å²) in [6.07, 6.45) is 0.243. The molecule has 0 radical (unpaired) electrons. The number of amides is 1. The number of pyridine rings is 1. The molecule has 1 aliphatic rings. The van der Waals surface area contributed by atoms with Gasteiger partial charge in [0, 0.05) is 7.05 Å². The number of nitrogens with one attached hydrogen (secondary N) is 1. The first-order chi connectivity index (χ1) is 15.1. The van der Waals surface area contributed by atoms with Crippen molar-refractivity contribution in [2.24, 2.45) is 11.6 Å². The molecule has 2 rings (SSSR count). The van der Waals surface area contributed by atoms with Crippen LogP contribution >= 0.6 is 0 Å². The number of nitrogens with zero attached hydrogens (tertiary/aromatic N) is 2. The van der Waals surface area contributed by atoms with E-state index >= 15 is 0 Å². The molecule has 1 aliphatic carbocycles. The van der Waals surface area contributed by atoms with Crippen molar-refractivity contribution in [2.75, 3.05) is 20.2 Å². The maximum Gasteiger partial charge on any atom is 0.437 e. The first-order valence-corrected chi connectivity index (χ1v) is 10.8. The second-order valence-electron chi connectivity index (χ2n) is 7.73. The maximum absolute atomic E-state index is 13.7. The second kappa shape index (κ2) is 11.8. The number of hydrogen-bond acceptors (Lipinski definition) is 7. The predicted octanol–water partition coefficient (Wildman–Crippen LogP) is 3.77. The molecule has 0 spiro atoms. The van der Waals surface area contributed by atoms with Crippen LogP contribution in [0.5, 0.6) is 5.75 Å². The number of alkyl carbamates (subject to hydrolysis) is 1. The lowest BCUT2D eigenvalue weighted by Crippen LogP contribution is -2.36. The molecule has 0 atom stereocenters. The van der Waals surface area contributed by atoms with Gasteiger partial charge >= 0.3 is 12.3 Å². The zero-order chi connectivity index (χ0) is 23.7. The minimum Gasteiger partial charge on any atom is -0.488 e. The quantitative estimate of drug-likeness (QED) is 0.292. The number of hydrogen-bond donors (Lipinski definition) is 3. The van der Waals surface area contributed by atoms with Gasteiger partial charge in [-0.3, -0.25) is 0 Å². The van der Waals surface area contributed by atoms with Crippen molar-refractivity contribution in [2.45, 2.75) is 64.1 Å². The van der Waals surface area contributed by atoms with Crippen molar-refractivity contribution < 1.29 is 27.4 Å². The number of rotatable bonds is 9. The molecule has 11 heteroatoms. The third-order valence-electron chi connectivity index (χ3n) is 5.12. The van der Waals surface area contributed by atoms with Crippen molar-refractivity contribution in [3.8, 4) is 5.75 Å². The van der Waals surface area contributed by atoms with Crippen LogP contribution in [0.2, 0.25) is 0 Å². The highest BCUT2D eigenvalue weighted by atomic mass is 19.4. The molecular formula is C21H32F3N5O3. The van der Waals surface area contributed by atoms with Gasteiger partial charge in [-0.1, -0.05) is 19.8 Å². The van der Waals surface area contributed by atoms with Crippen LogP contribution in [0.1, 0.15) is 63.3 Å². The van der Waals surface area contributed by atoms with Gasteiger partial charge in [0.2, 0.25) is 0 Å². The summed E-state index contributed by atoms with van der Waals surface area (Å²) in [6.45, 7) is 2.07. The molecule has 32 heavy (non-hydrogen) atoms. The fraction of sp³-hybridized carbons (Fsp3) is 0.619. The van der Waals surface area contributed by atoms with E-state index in [-0.39, 0.29) is 42.1 Å². The fourth-order valence-corrected chi connectivity index (χ4v) is 3.33. The van der Waals surface area contributed by atoms with Crippen LogP contribution in [0.3, 0.4) is 0 Å². The minimum atomic E-state index is -4.73. The fourth-order valence-electron chi connectivity index (χ4n) is 3.33. The first kappa shape index (κ1) is 25.6. The van der Waals surface area contributed by atoms with Crippen LogP contribution in [0, 0.1) is 0 Å². The number of alkyl halides is 3. The van der Waals surface area contributed by atoms with Gasteiger partial charge in [-0.05, 0) is 44.2 Å². The van der Waals surface area contributed by atoms with E-state index in [4.69, 9.17) is 21.1 Å². The Hall–Kier alpha value is -2.69. The Morgan fingerprint density at radius 3 is 2.56 bits per heavy atom. The molecule has 180 valence electrons. The van der Waals surface area contributed by atoms with E-state index in [1.54, 1.807) is 0 Å². The van der Waals surface area contributed by atoms with E-state index in [2.05, 4.69) is 10.3 Å². The van der Waals surface area contributed by atoms with Crippen molar-refractivity contribution >= 4 is 11.8 Å². The monoisotopic (exact) mass is 459 g/mol. The molecule has 0 bridgehead atoms. The third kappa shape index (κ3) is 7.47. The maximum atomic E-state index is 13.7. The number of nitrogens with two attached hydrogens (primary N) is 2. The second-order valence-corrected chi connectivity index (χ2v) is 7.73. The zero-order valence-corrected chi connectivity index (χ0v) is 18.5. The number of carbonyl (C=O) groups is 1. The van der Waals surface area contributed by atoms with Gasteiger partial charge in [-0.15, -0.1) is 0 Å². The average Bonchev–Trinajstić information content (AvgIpc) is 2.74. The number of hydrazine groups is 1. The number of likely N-dealkylation sites (N-methyl/N-ethyl adjacent to an activating group) is 1. The molecule has 5 N–H and O–H groups in total. The SMILES string of the molecule is CCCCOC(=O)NC/C(=C(/N)c1ccc(OC2CCCCC2)c(C(F)(F)F)n1)N(C)N. The van der Waals surface area contributed by atoms with Gasteiger partial charge in [0.25, 0.3) is 0 Å². The molecule has 0 saturated heterocycles. The molecular weight excluding hydrogens is 427 g/mol.